The third-order valence-corrected chi connectivity index (χ3v) is 5.45. The first-order valence-corrected chi connectivity index (χ1v) is 8.57. The summed E-state index contributed by atoms with van der Waals surface area (Å²) in [6, 6.07) is 8.04. The van der Waals surface area contributed by atoms with Crippen LogP contribution in [0.3, 0.4) is 0 Å². The number of carbonyl (C=O) groups is 1. The molecule has 3 aliphatic rings. The Labute approximate surface area is 149 Å². The maximum absolute atomic E-state index is 13.2. The number of rotatable bonds is 3. The van der Waals surface area contributed by atoms with E-state index in [1.54, 1.807) is 7.11 Å². The van der Waals surface area contributed by atoms with E-state index >= 15 is 0 Å². The molecule has 2 bridgehead atoms. The molecule has 0 aliphatic carbocycles. The number of halogens is 1. The summed E-state index contributed by atoms with van der Waals surface area (Å²) in [4.78, 5) is 15.2. The Balaban J connectivity index is 0.00000169. The summed E-state index contributed by atoms with van der Waals surface area (Å²) in [6.07, 6.45) is 3.49. The molecule has 24 heavy (non-hydrogen) atoms. The van der Waals surface area contributed by atoms with Crippen molar-refractivity contribution >= 4 is 18.3 Å². The zero-order valence-electron chi connectivity index (χ0n) is 13.9. The molecule has 1 aromatic carbocycles. The van der Waals surface area contributed by atoms with Crippen LogP contribution in [0.4, 0.5) is 0 Å². The molecule has 5 nitrogen and oxygen atoms in total. The van der Waals surface area contributed by atoms with Crippen molar-refractivity contribution in [3.05, 3.63) is 29.8 Å². The molecule has 3 heterocycles. The lowest BCUT2D eigenvalue weighted by molar-refractivity contribution is -0.140. The molecule has 1 aromatic rings. The van der Waals surface area contributed by atoms with Crippen LogP contribution in [0.2, 0.25) is 0 Å². The van der Waals surface area contributed by atoms with Crippen LogP contribution in [0.15, 0.2) is 24.3 Å². The Morgan fingerprint density at radius 2 is 2.17 bits per heavy atom. The molecular formula is C18H25ClN2O3. The number of nitrogens with one attached hydrogen (secondary N) is 1. The van der Waals surface area contributed by atoms with Gasteiger partial charge in [0, 0.05) is 25.2 Å². The van der Waals surface area contributed by atoms with Gasteiger partial charge in [0.05, 0.1) is 31.3 Å². The number of hydrogen-bond donors (Lipinski definition) is 1. The fraction of sp³-hybridized carbons (Fsp3) is 0.611. The number of ether oxygens (including phenoxy) is 2. The molecular weight excluding hydrogens is 328 g/mol. The molecule has 0 saturated carbocycles. The van der Waals surface area contributed by atoms with E-state index in [1.807, 2.05) is 23.1 Å². The fourth-order valence-electron chi connectivity index (χ4n) is 4.30. The molecule has 1 amide bonds. The van der Waals surface area contributed by atoms with E-state index in [1.165, 1.54) is 0 Å². The zero-order valence-corrected chi connectivity index (χ0v) is 14.8. The van der Waals surface area contributed by atoms with Crippen LogP contribution < -0.4 is 10.1 Å². The van der Waals surface area contributed by atoms with Crippen molar-refractivity contribution in [2.75, 3.05) is 26.7 Å². The van der Waals surface area contributed by atoms with E-state index in [9.17, 15) is 4.79 Å². The Bertz CT molecular complexity index is 597. The van der Waals surface area contributed by atoms with Crippen molar-refractivity contribution in [2.24, 2.45) is 5.92 Å². The minimum Gasteiger partial charge on any atom is -0.496 e. The van der Waals surface area contributed by atoms with Crippen molar-refractivity contribution in [3.8, 4) is 5.75 Å². The highest BCUT2D eigenvalue weighted by Gasteiger charge is 2.47. The van der Waals surface area contributed by atoms with E-state index in [-0.39, 0.29) is 36.4 Å². The molecule has 6 heteroatoms. The summed E-state index contributed by atoms with van der Waals surface area (Å²) in [5, 5.41) is 3.41. The van der Waals surface area contributed by atoms with E-state index in [0.717, 1.165) is 50.2 Å². The number of amides is 1. The van der Waals surface area contributed by atoms with Crippen LogP contribution in [0.5, 0.6) is 5.75 Å². The molecule has 4 rings (SSSR count). The number of hydrogen-bond acceptors (Lipinski definition) is 4. The third-order valence-electron chi connectivity index (χ3n) is 5.45. The smallest absolute Gasteiger partial charge is 0.229 e. The highest BCUT2D eigenvalue weighted by molar-refractivity contribution is 5.85. The van der Waals surface area contributed by atoms with Crippen LogP contribution >= 0.6 is 12.4 Å². The summed E-state index contributed by atoms with van der Waals surface area (Å²) >= 11 is 0. The summed E-state index contributed by atoms with van der Waals surface area (Å²) < 4.78 is 11.4. The van der Waals surface area contributed by atoms with Crippen LogP contribution in [0.1, 0.15) is 30.9 Å². The van der Waals surface area contributed by atoms with E-state index in [4.69, 9.17) is 9.47 Å². The summed E-state index contributed by atoms with van der Waals surface area (Å²) in [7, 11) is 1.69. The lowest BCUT2D eigenvalue weighted by Gasteiger charge is -2.39. The SMILES string of the molecule is COc1ccccc1C1CNCCN1C(=O)C1CC2CCC1O2.Cl. The largest absolute Gasteiger partial charge is 0.496 e. The van der Waals surface area contributed by atoms with Crippen LogP contribution in [0, 0.1) is 5.92 Å². The first-order valence-electron chi connectivity index (χ1n) is 8.57. The minimum atomic E-state index is 0. The van der Waals surface area contributed by atoms with Gasteiger partial charge in [-0.3, -0.25) is 4.79 Å². The number of piperazine rings is 1. The van der Waals surface area contributed by atoms with Gasteiger partial charge in [-0.25, -0.2) is 0 Å². The van der Waals surface area contributed by atoms with Gasteiger partial charge in [0.15, 0.2) is 0 Å². The predicted molar refractivity (Wildman–Crippen MR) is 93.6 cm³/mol. The molecule has 3 fully saturated rings. The summed E-state index contributed by atoms with van der Waals surface area (Å²) in [6.45, 7) is 2.36. The fourth-order valence-corrected chi connectivity index (χ4v) is 4.30. The van der Waals surface area contributed by atoms with Crippen molar-refractivity contribution in [1.29, 1.82) is 0 Å². The Morgan fingerprint density at radius 3 is 2.88 bits per heavy atom. The third kappa shape index (κ3) is 3.01. The molecule has 0 spiro atoms. The molecule has 3 aliphatic heterocycles. The van der Waals surface area contributed by atoms with Crippen molar-refractivity contribution in [3.63, 3.8) is 0 Å². The first kappa shape index (κ1) is 17.5. The van der Waals surface area contributed by atoms with Gasteiger partial charge < -0.3 is 19.7 Å². The van der Waals surface area contributed by atoms with E-state index in [2.05, 4.69) is 11.4 Å². The Kier molecular flexibility index (Phi) is 5.33. The first-order chi connectivity index (χ1) is 11.3. The van der Waals surface area contributed by atoms with Crippen molar-refractivity contribution < 1.29 is 14.3 Å². The average Bonchev–Trinajstić information content (AvgIpc) is 3.24. The van der Waals surface area contributed by atoms with E-state index < -0.39 is 0 Å². The predicted octanol–water partition coefficient (Wildman–Crippen LogP) is 2.16. The van der Waals surface area contributed by atoms with Crippen LogP contribution in [-0.4, -0.2) is 49.8 Å². The quantitative estimate of drug-likeness (QED) is 0.905. The number of carbonyl (C=O) groups excluding carboxylic acids is 1. The molecule has 1 N–H and O–H groups in total. The molecule has 132 valence electrons. The van der Waals surface area contributed by atoms with Crippen LogP contribution in [0.25, 0.3) is 0 Å². The minimum absolute atomic E-state index is 0. The summed E-state index contributed by atoms with van der Waals surface area (Å²) in [5.74, 6) is 1.15. The number of nitrogens with zero attached hydrogens (tertiary/aromatic N) is 1. The molecule has 3 saturated heterocycles. The Hall–Kier alpha value is -1.30. The lowest BCUT2D eigenvalue weighted by Crippen LogP contribution is -2.51. The van der Waals surface area contributed by atoms with Gasteiger partial charge >= 0.3 is 0 Å². The maximum atomic E-state index is 13.2. The van der Waals surface area contributed by atoms with E-state index in [0.29, 0.717) is 6.10 Å². The molecule has 0 aromatic heterocycles. The Morgan fingerprint density at radius 1 is 1.33 bits per heavy atom. The van der Waals surface area contributed by atoms with Gasteiger partial charge in [-0.1, -0.05) is 18.2 Å². The molecule has 0 radical (unpaired) electrons. The van der Waals surface area contributed by atoms with Gasteiger partial charge in [0.2, 0.25) is 5.91 Å². The second-order valence-electron chi connectivity index (χ2n) is 6.71. The standard InChI is InChI=1S/C18H24N2O3.ClH/c1-22-16-5-3-2-4-13(16)15-11-19-8-9-20(15)18(21)14-10-12-6-7-17(14)23-12;/h2-5,12,14-15,17,19H,6-11H2,1H3;1H. The van der Waals surface area contributed by atoms with Gasteiger partial charge in [0.1, 0.15) is 5.75 Å². The number of fused-ring (bicyclic) bond motifs is 2. The van der Waals surface area contributed by atoms with Crippen molar-refractivity contribution in [1.82, 2.24) is 10.2 Å². The summed E-state index contributed by atoms with van der Waals surface area (Å²) in [5.41, 5.74) is 1.08. The highest BCUT2D eigenvalue weighted by Crippen LogP contribution is 2.41. The number of benzene rings is 1. The van der Waals surface area contributed by atoms with Crippen LogP contribution in [-0.2, 0) is 9.53 Å². The van der Waals surface area contributed by atoms with Gasteiger partial charge in [0.25, 0.3) is 0 Å². The monoisotopic (exact) mass is 352 g/mol. The number of methoxy groups -OCH3 is 1. The molecule has 4 unspecified atom stereocenters. The van der Waals surface area contributed by atoms with Gasteiger partial charge in [-0.05, 0) is 25.3 Å². The normalized spacial score (nSPS) is 31.6. The van der Waals surface area contributed by atoms with Gasteiger partial charge in [-0.15, -0.1) is 12.4 Å². The van der Waals surface area contributed by atoms with Gasteiger partial charge in [-0.2, -0.15) is 0 Å². The zero-order chi connectivity index (χ0) is 15.8. The second-order valence-corrected chi connectivity index (χ2v) is 6.71. The second kappa shape index (κ2) is 7.30. The topological polar surface area (TPSA) is 50.8 Å². The highest BCUT2D eigenvalue weighted by atomic mass is 35.5. The van der Waals surface area contributed by atoms with Crippen molar-refractivity contribution in [2.45, 2.75) is 37.5 Å². The molecule has 4 atom stereocenters. The average molecular weight is 353 g/mol. The number of para-hydroxylation sites is 1. The maximum Gasteiger partial charge on any atom is 0.229 e. The lowest BCUT2D eigenvalue weighted by atomic mass is 9.87.